The molecule has 1 aliphatic rings. The van der Waals surface area contributed by atoms with E-state index in [1.807, 2.05) is 12.1 Å². The van der Waals surface area contributed by atoms with Gasteiger partial charge in [-0.25, -0.2) is 0 Å². The molecule has 0 aliphatic heterocycles. The molecule has 3 nitrogen and oxygen atoms in total. The third kappa shape index (κ3) is 4.68. The number of fused-ring (bicyclic) bond motifs is 1. The molecule has 1 fully saturated rings. The minimum atomic E-state index is -0.0258. The molecule has 3 atom stereocenters. The van der Waals surface area contributed by atoms with E-state index in [9.17, 15) is 4.79 Å². The van der Waals surface area contributed by atoms with Crippen molar-refractivity contribution in [3.63, 3.8) is 0 Å². The zero-order valence-electron chi connectivity index (χ0n) is 17.3. The second-order valence-corrected chi connectivity index (χ2v) is 8.32. The van der Waals surface area contributed by atoms with Crippen LogP contribution in [0.15, 0.2) is 66.7 Å². The van der Waals surface area contributed by atoms with Gasteiger partial charge in [-0.05, 0) is 66.1 Å². The zero-order chi connectivity index (χ0) is 20.2. The summed E-state index contributed by atoms with van der Waals surface area (Å²) >= 11 is 0. The van der Waals surface area contributed by atoms with E-state index in [0.717, 1.165) is 12.1 Å². The molecule has 1 unspecified atom stereocenters. The summed E-state index contributed by atoms with van der Waals surface area (Å²) in [4.78, 5) is 11.2. The van der Waals surface area contributed by atoms with Crippen molar-refractivity contribution in [2.45, 2.75) is 57.5 Å². The van der Waals surface area contributed by atoms with Gasteiger partial charge in [0, 0.05) is 24.7 Å². The third-order valence-electron chi connectivity index (χ3n) is 6.15. The Bertz CT molecular complexity index is 974. The SMILES string of the molecule is CC(=O)Nc1ccc([C@H]2CCCC(N[C@H](C)c3cccc4ccccc34)C2)cc1. The monoisotopic (exact) mass is 386 g/mol. The Morgan fingerprint density at radius 3 is 2.52 bits per heavy atom. The highest BCUT2D eigenvalue weighted by Crippen LogP contribution is 2.35. The standard InChI is InChI=1S/C26H30N2O/c1-18(25-12-6-8-21-7-3-4-11-26(21)25)27-24-10-5-9-22(17-24)20-13-15-23(16-14-20)28-19(2)29/h3-4,6-8,11-16,18,22,24,27H,5,9-10,17H2,1-2H3,(H,28,29)/t18-,22+,24?/m1/s1. The number of anilines is 1. The van der Waals surface area contributed by atoms with Gasteiger partial charge >= 0.3 is 0 Å². The quantitative estimate of drug-likeness (QED) is 0.550. The summed E-state index contributed by atoms with van der Waals surface area (Å²) in [5.74, 6) is 0.550. The predicted molar refractivity (Wildman–Crippen MR) is 121 cm³/mol. The highest BCUT2D eigenvalue weighted by atomic mass is 16.1. The van der Waals surface area contributed by atoms with Crippen molar-refractivity contribution < 1.29 is 4.79 Å². The Morgan fingerprint density at radius 2 is 1.72 bits per heavy atom. The van der Waals surface area contributed by atoms with Gasteiger partial charge in [-0.15, -0.1) is 0 Å². The van der Waals surface area contributed by atoms with Crippen LogP contribution in [-0.4, -0.2) is 11.9 Å². The molecule has 3 heteroatoms. The number of nitrogens with one attached hydrogen (secondary N) is 2. The molecule has 2 N–H and O–H groups in total. The topological polar surface area (TPSA) is 41.1 Å². The first kappa shape index (κ1) is 19.7. The van der Waals surface area contributed by atoms with Crippen molar-refractivity contribution in [3.05, 3.63) is 77.9 Å². The molecule has 3 aromatic rings. The number of hydrogen-bond donors (Lipinski definition) is 2. The smallest absolute Gasteiger partial charge is 0.221 e. The van der Waals surface area contributed by atoms with Gasteiger partial charge in [0.25, 0.3) is 0 Å². The van der Waals surface area contributed by atoms with E-state index in [2.05, 4.69) is 72.2 Å². The number of hydrogen-bond acceptors (Lipinski definition) is 2. The van der Waals surface area contributed by atoms with Gasteiger partial charge in [0.15, 0.2) is 0 Å². The van der Waals surface area contributed by atoms with Crippen molar-refractivity contribution in [1.29, 1.82) is 0 Å². The van der Waals surface area contributed by atoms with Crippen LogP contribution in [0.1, 0.15) is 62.6 Å². The lowest BCUT2D eigenvalue weighted by Gasteiger charge is -2.32. The van der Waals surface area contributed by atoms with E-state index >= 15 is 0 Å². The largest absolute Gasteiger partial charge is 0.326 e. The molecule has 0 heterocycles. The lowest BCUT2D eigenvalue weighted by atomic mass is 9.81. The van der Waals surface area contributed by atoms with Gasteiger partial charge in [-0.3, -0.25) is 4.79 Å². The highest BCUT2D eigenvalue weighted by Gasteiger charge is 2.24. The van der Waals surface area contributed by atoms with Crippen LogP contribution in [-0.2, 0) is 4.79 Å². The van der Waals surface area contributed by atoms with Crippen LogP contribution in [0.2, 0.25) is 0 Å². The fourth-order valence-corrected chi connectivity index (χ4v) is 4.76. The van der Waals surface area contributed by atoms with Crippen LogP contribution in [0.3, 0.4) is 0 Å². The Morgan fingerprint density at radius 1 is 0.966 bits per heavy atom. The van der Waals surface area contributed by atoms with Gasteiger partial charge in [-0.2, -0.15) is 0 Å². The first-order valence-electron chi connectivity index (χ1n) is 10.7. The van der Waals surface area contributed by atoms with Crippen LogP contribution in [0, 0.1) is 0 Å². The first-order chi connectivity index (χ1) is 14.1. The lowest BCUT2D eigenvalue weighted by molar-refractivity contribution is -0.114. The number of rotatable bonds is 5. The Kier molecular flexibility index (Phi) is 5.96. The zero-order valence-corrected chi connectivity index (χ0v) is 17.3. The fraction of sp³-hybridized carbons (Fsp3) is 0.346. The molecule has 1 amide bonds. The average molecular weight is 387 g/mol. The van der Waals surface area contributed by atoms with Crippen LogP contribution in [0.5, 0.6) is 0 Å². The van der Waals surface area contributed by atoms with Gasteiger partial charge in [-0.1, -0.05) is 61.0 Å². The van der Waals surface area contributed by atoms with Crippen LogP contribution >= 0.6 is 0 Å². The van der Waals surface area contributed by atoms with Gasteiger partial charge < -0.3 is 10.6 Å². The molecular formula is C26H30N2O. The first-order valence-corrected chi connectivity index (χ1v) is 10.7. The maximum atomic E-state index is 11.2. The molecule has 0 saturated heterocycles. The number of carbonyl (C=O) groups excluding carboxylic acids is 1. The van der Waals surface area contributed by atoms with E-state index in [1.54, 1.807) is 6.92 Å². The van der Waals surface area contributed by atoms with Gasteiger partial charge in [0.05, 0.1) is 0 Å². The van der Waals surface area contributed by atoms with Gasteiger partial charge in [0.1, 0.15) is 0 Å². The second kappa shape index (κ2) is 8.79. The molecule has 0 radical (unpaired) electrons. The molecule has 1 saturated carbocycles. The molecule has 0 aromatic heterocycles. The van der Waals surface area contributed by atoms with Crippen LogP contribution in [0.25, 0.3) is 10.8 Å². The number of amides is 1. The summed E-state index contributed by atoms with van der Waals surface area (Å²) in [6.45, 7) is 3.83. The Hall–Kier alpha value is -2.65. The highest BCUT2D eigenvalue weighted by molar-refractivity contribution is 5.88. The van der Waals surface area contributed by atoms with Crippen molar-refractivity contribution in [3.8, 4) is 0 Å². The molecule has 1 aliphatic carbocycles. The van der Waals surface area contributed by atoms with Crippen molar-refractivity contribution in [2.75, 3.05) is 5.32 Å². The van der Waals surface area contributed by atoms with E-state index in [-0.39, 0.29) is 5.91 Å². The minimum absolute atomic E-state index is 0.0258. The van der Waals surface area contributed by atoms with Gasteiger partial charge in [0.2, 0.25) is 5.91 Å². The summed E-state index contributed by atoms with van der Waals surface area (Å²) < 4.78 is 0. The maximum Gasteiger partial charge on any atom is 0.221 e. The van der Waals surface area contributed by atoms with E-state index < -0.39 is 0 Å². The van der Waals surface area contributed by atoms with Crippen LogP contribution < -0.4 is 10.6 Å². The summed E-state index contributed by atoms with van der Waals surface area (Å²) in [7, 11) is 0. The average Bonchev–Trinajstić information content (AvgIpc) is 2.73. The second-order valence-electron chi connectivity index (χ2n) is 8.32. The molecular weight excluding hydrogens is 356 g/mol. The van der Waals surface area contributed by atoms with Crippen LogP contribution in [0.4, 0.5) is 5.69 Å². The molecule has 3 aromatic carbocycles. The summed E-state index contributed by atoms with van der Waals surface area (Å²) in [5, 5.41) is 9.41. The fourth-order valence-electron chi connectivity index (χ4n) is 4.76. The molecule has 4 rings (SSSR count). The summed E-state index contributed by atoms with van der Waals surface area (Å²) in [5.41, 5.74) is 3.63. The normalized spacial score (nSPS) is 20.3. The minimum Gasteiger partial charge on any atom is -0.326 e. The maximum absolute atomic E-state index is 11.2. The lowest BCUT2D eigenvalue weighted by Crippen LogP contribution is -2.35. The Balaban J connectivity index is 1.44. The van der Waals surface area contributed by atoms with E-state index in [0.29, 0.717) is 18.0 Å². The molecule has 150 valence electrons. The third-order valence-corrected chi connectivity index (χ3v) is 6.15. The molecule has 29 heavy (non-hydrogen) atoms. The molecule has 0 bridgehead atoms. The van der Waals surface area contributed by atoms with Crippen molar-refractivity contribution >= 4 is 22.4 Å². The summed E-state index contributed by atoms with van der Waals surface area (Å²) in [6.07, 6.45) is 4.88. The van der Waals surface area contributed by atoms with E-state index in [4.69, 9.17) is 0 Å². The number of benzene rings is 3. The van der Waals surface area contributed by atoms with Crippen molar-refractivity contribution in [1.82, 2.24) is 5.32 Å². The molecule has 0 spiro atoms. The summed E-state index contributed by atoms with van der Waals surface area (Å²) in [6, 6.07) is 24.5. The van der Waals surface area contributed by atoms with Crippen molar-refractivity contribution in [2.24, 2.45) is 0 Å². The Labute approximate surface area is 173 Å². The predicted octanol–water partition coefficient (Wildman–Crippen LogP) is 6.18. The number of carbonyl (C=O) groups is 1. The van der Waals surface area contributed by atoms with E-state index in [1.165, 1.54) is 41.2 Å².